The zero-order valence-electron chi connectivity index (χ0n) is 13.3. The van der Waals surface area contributed by atoms with E-state index in [9.17, 15) is 0 Å². The normalized spacial score (nSPS) is 16.7. The molecule has 0 bridgehead atoms. The van der Waals surface area contributed by atoms with Gasteiger partial charge in [0, 0.05) is 17.8 Å². The van der Waals surface area contributed by atoms with Crippen molar-refractivity contribution in [2.45, 2.75) is 38.3 Å². The second-order valence-corrected chi connectivity index (χ2v) is 6.47. The molecule has 0 spiro atoms. The first-order chi connectivity index (χ1) is 11.9. The SMILES string of the molecule is c1cc2c(cc1-c1cn(Cc3nnnn3C3CCC3)nn1)CCN2. The number of nitrogens with zero attached hydrogens (tertiary/aromatic N) is 7. The Morgan fingerprint density at radius 1 is 1.17 bits per heavy atom. The van der Waals surface area contributed by atoms with E-state index in [-0.39, 0.29) is 0 Å². The Morgan fingerprint density at radius 3 is 3.00 bits per heavy atom. The predicted octanol–water partition coefficient (Wildman–Crippen LogP) is 1.67. The zero-order chi connectivity index (χ0) is 15.9. The number of aromatic nitrogens is 7. The number of nitrogens with one attached hydrogen (secondary N) is 1. The molecule has 0 unspecified atom stereocenters. The van der Waals surface area contributed by atoms with Gasteiger partial charge in [0.1, 0.15) is 12.2 Å². The largest absolute Gasteiger partial charge is 0.384 e. The van der Waals surface area contributed by atoms with Gasteiger partial charge < -0.3 is 5.32 Å². The summed E-state index contributed by atoms with van der Waals surface area (Å²) in [5.41, 5.74) is 4.55. The maximum atomic E-state index is 4.32. The van der Waals surface area contributed by atoms with Crippen LogP contribution in [0, 0.1) is 0 Å². The Morgan fingerprint density at radius 2 is 2.12 bits per heavy atom. The molecular formula is C16H18N8. The van der Waals surface area contributed by atoms with Gasteiger partial charge in [0.15, 0.2) is 5.82 Å². The zero-order valence-corrected chi connectivity index (χ0v) is 13.3. The van der Waals surface area contributed by atoms with Gasteiger partial charge in [-0.2, -0.15) is 0 Å². The standard InChI is InChI=1S/C16H18N8/c1-2-13(3-1)24-16(19-20-22-24)10-23-9-15(18-21-23)11-4-5-14-12(8-11)6-7-17-14/h4-5,8-9,13,17H,1-3,6-7,10H2. The van der Waals surface area contributed by atoms with Crippen LogP contribution in [0.4, 0.5) is 5.69 Å². The van der Waals surface area contributed by atoms with Gasteiger partial charge in [0.05, 0.1) is 12.2 Å². The molecule has 3 aromatic rings. The number of tetrazole rings is 1. The molecule has 1 aliphatic carbocycles. The minimum atomic E-state index is 0.446. The van der Waals surface area contributed by atoms with E-state index in [0.29, 0.717) is 12.6 Å². The highest BCUT2D eigenvalue weighted by atomic mass is 15.6. The highest BCUT2D eigenvalue weighted by molar-refractivity contribution is 5.67. The first kappa shape index (κ1) is 13.6. The van der Waals surface area contributed by atoms with Gasteiger partial charge in [0.25, 0.3) is 0 Å². The van der Waals surface area contributed by atoms with Gasteiger partial charge in [-0.1, -0.05) is 11.3 Å². The number of fused-ring (bicyclic) bond motifs is 1. The molecule has 8 nitrogen and oxygen atoms in total. The topological polar surface area (TPSA) is 86.3 Å². The fourth-order valence-corrected chi connectivity index (χ4v) is 3.35. The first-order valence-corrected chi connectivity index (χ1v) is 8.41. The van der Waals surface area contributed by atoms with Crippen LogP contribution in [-0.2, 0) is 13.0 Å². The van der Waals surface area contributed by atoms with E-state index in [1.54, 1.807) is 0 Å². The molecule has 8 heteroatoms. The van der Waals surface area contributed by atoms with Crippen molar-refractivity contribution < 1.29 is 0 Å². The molecular weight excluding hydrogens is 304 g/mol. The van der Waals surface area contributed by atoms with Crippen LogP contribution in [0.15, 0.2) is 24.4 Å². The quantitative estimate of drug-likeness (QED) is 0.786. The molecule has 1 aromatic carbocycles. The Kier molecular flexibility index (Phi) is 3.07. The minimum Gasteiger partial charge on any atom is -0.384 e. The monoisotopic (exact) mass is 322 g/mol. The lowest BCUT2D eigenvalue weighted by molar-refractivity contribution is 0.275. The van der Waals surface area contributed by atoms with Crippen LogP contribution in [0.3, 0.4) is 0 Å². The van der Waals surface area contributed by atoms with Crippen LogP contribution in [0.1, 0.15) is 36.7 Å². The van der Waals surface area contributed by atoms with Crippen molar-refractivity contribution in [2.75, 3.05) is 11.9 Å². The molecule has 1 fully saturated rings. The summed E-state index contributed by atoms with van der Waals surface area (Å²) in [7, 11) is 0. The van der Waals surface area contributed by atoms with Crippen LogP contribution in [0.25, 0.3) is 11.3 Å². The van der Waals surface area contributed by atoms with E-state index < -0.39 is 0 Å². The van der Waals surface area contributed by atoms with Crippen LogP contribution in [-0.4, -0.2) is 41.7 Å². The average molecular weight is 322 g/mol. The van der Waals surface area contributed by atoms with Gasteiger partial charge in [0.2, 0.25) is 0 Å². The number of benzene rings is 1. The lowest BCUT2D eigenvalue weighted by atomic mass is 9.93. The molecule has 122 valence electrons. The maximum Gasteiger partial charge on any atom is 0.173 e. The third-order valence-electron chi connectivity index (χ3n) is 4.93. The number of hydrogen-bond acceptors (Lipinski definition) is 6. The summed E-state index contributed by atoms with van der Waals surface area (Å²) in [6.45, 7) is 1.55. The van der Waals surface area contributed by atoms with Crippen molar-refractivity contribution in [3.05, 3.63) is 35.8 Å². The van der Waals surface area contributed by atoms with Crippen molar-refractivity contribution >= 4 is 5.69 Å². The highest BCUT2D eigenvalue weighted by Gasteiger charge is 2.24. The Labute approximate surface area is 138 Å². The maximum absolute atomic E-state index is 4.32. The van der Waals surface area contributed by atoms with E-state index in [2.05, 4.69) is 49.4 Å². The molecule has 2 aliphatic rings. The van der Waals surface area contributed by atoms with E-state index in [4.69, 9.17) is 0 Å². The second kappa shape index (κ2) is 5.40. The van der Waals surface area contributed by atoms with Crippen molar-refractivity contribution in [2.24, 2.45) is 0 Å². The molecule has 1 aliphatic heterocycles. The Bertz CT molecular complexity index is 876. The van der Waals surface area contributed by atoms with Crippen molar-refractivity contribution in [1.82, 2.24) is 35.2 Å². The van der Waals surface area contributed by atoms with Gasteiger partial charge in [-0.3, -0.25) is 0 Å². The summed E-state index contributed by atoms with van der Waals surface area (Å²) in [6.07, 6.45) is 6.59. The van der Waals surface area contributed by atoms with Crippen molar-refractivity contribution in [3.63, 3.8) is 0 Å². The van der Waals surface area contributed by atoms with Gasteiger partial charge in [-0.15, -0.1) is 10.2 Å². The number of rotatable bonds is 4. The molecule has 0 saturated heterocycles. The first-order valence-electron chi connectivity index (χ1n) is 8.41. The Balaban J connectivity index is 1.39. The minimum absolute atomic E-state index is 0.446. The third-order valence-corrected chi connectivity index (χ3v) is 4.93. The number of hydrogen-bond donors (Lipinski definition) is 1. The van der Waals surface area contributed by atoms with Crippen molar-refractivity contribution in [1.29, 1.82) is 0 Å². The molecule has 0 atom stereocenters. The van der Waals surface area contributed by atoms with E-state index in [1.807, 2.05) is 15.6 Å². The van der Waals surface area contributed by atoms with Gasteiger partial charge in [-0.25, -0.2) is 9.36 Å². The number of anilines is 1. The van der Waals surface area contributed by atoms with Crippen LogP contribution in [0.2, 0.25) is 0 Å². The summed E-state index contributed by atoms with van der Waals surface area (Å²) in [5, 5.41) is 24.0. The van der Waals surface area contributed by atoms with Crippen LogP contribution >= 0.6 is 0 Å². The average Bonchev–Trinajstić information content (AvgIpc) is 3.26. The summed E-state index contributed by atoms with van der Waals surface area (Å²) in [4.78, 5) is 0. The molecule has 0 amide bonds. The molecule has 0 radical (unpaired) electrons. The van der Waals surface area contributed by atoms with E-state index >= 15 is 0 Å². The summed E-state index contributed by atoms with van der Waals surface area (Å²) in [6, 6.07) is 6.85. The van der Waals surface area contributed by atoms with Crippen LogP contribution < -0.4 is 5.32 Å². The lowest BCUT2D eigenvalue weighted by Gasteiger charge is -2.25. The molecule has 1 saturated carbocycles. The Hall–Kier alpha value is -2.77. The lowest BCUT2D eigenvalue weighted by Crippen LogP contribution is -2.21. The smallest absolute Gasteiger partial charge is 0.173 e. The third kappa shape index (κ3) is 2.26. The summed E-state index contributed by atoms with van der Waals surface area (Å²) >= 11 is 0. The van der Waals surface area contributed by atoms with Gasteiger partial charge in [-0.05, 0) is 53.8 Å². The molecule has 3 heterocycles. The van der Waals surface area contributed by atoms with Gasteiger partial charge >= 0.3 is 0 Å². The highest BCUT2D eigenvalue weighted by Crippen LogP contribution is 2.31. The van der Waals surface area contributed by atoms with E-state index in [0.717, 1.165) is 42.9 Å². The molecule has 24 heavy (non-hydrogen) atoms. The molecule has 1 N–H and O–H groups in total. The fourth-order valence-electron chi connectivity index (χ4n) is 3.35. The summed E-state index contributed by atoms with van der Waals surface area (Å²) in [5.74, 6) is 0.842. The predicted molar refractivity (Wildman–Crippen MR) is 87.5 cm³/mol. The fraction of sp³-hybridized carbons (Fsp3) is 0.438. The molecule has 2 aromatic heterocycles. The van der Waals surface area contributed by atoms with E-state index in [1.165, 1.54) is 17.7 Å². The second-order valence-electron chi connectivity index (χ2n) is 6.47. The van der Waals surface area contributed by atoms with Crippen molar-refractivity contribution in [3.8, 4) is 11.3 Å². The van der Waals surface area contributed by atoms with Crippen LogP contribution in [0.5, 0.6) is 0 Å². The molecule has 5 rings (SSSR count). The summed E-state index contributed by atoms with van der Waals surface area (Å²) < 4.78 is 3.74.